The van der Waals surface area contributed by atoms with Gasteiger partial charge < -0.3 is 10.4 Å². The fraction of sp³-hybridized carbons (Fsp3) is 0.385. The van der Waals surface area contributed by atoms with Crippen LogP contribution in [0.1, 0.15) is 30.0 Å². The van der Waals surface area contributed by atoms with Gasteiger partial charge in [-0.15, -0.1) is 0 Å². The fourth-order valence-corrected chi connectivity index (χ4v) is 3.03. The molecule has 2 aromatic rings. The zero-order chi connectivity index (χ0) is 12.5. The van der Waals surface area contributed by atoms with Crippen LogP contribution >= 0.6 is 11.5 Å². The molecule has 0 saturated carbocycles. The number of nitrogens with zero attached hydrogens (tertiary/aromatic N) is 2. The lowest BCUT2D eigenvalue weighted by Crippen LogP contribution is -2.24. The van der Waals surface area contributed by atoms with Crippen LogP contribution in [-0.2, 0) is 12.8 Å². The van der Waals surface area contributed by atoms with Crippen LogP contribution in [0.25, 0.3) is 0 Å². The molecule has 1 aliphatic carbocycles. The highest BCUT2D eigenvalue weighted by Crippen LogP contribution is 2.33. The molecular formula is C13H15N3OS. The quantitative estimate of drug-likeness (QED) is 0.889. The highest BCUT2D eigenvalue weighted by Gasteiger charge is 2.31. The first kappa shape index (κ1) is 11.6. The molecule has 2 atom stereocenters. The van der Waals surface area contributed by atoms with E-state index in [2.05, 4.69) is 20.7 Å². The van der Waals surface area contributed by atoms with Gasteiger partial charge in [0, 0.05) is 18.0 Å². The van der Waals surface area contributed by atoms with Gasteiger partial charge in [-0.3, -0.25) is 0 Å². The molecule has 4 nitrogen and oxygen atoms in total. The zero-order valence-corrected chi connectivity index (χ0v) is 10.9. The second kappa shape index (κ2) is 4.66. The Morgan fingerprint density at radius 1 is 1.44 bits per heavy atom. The van der Waals surface area contributed by atoms with Gasteiger partial charge in [0.1, 0.15) is 5.82 Å². The number of hydrogen-bond donors (Lipinski definition) is 2. The van der Waals surface area contributed by atoms with E-state index in [9.17, 15) is 5.11 Å². The van der Waals surface area contributed by atoms with Crippen LogP contribution in [0.4, 0.5) is 5.13 Å². The highest BCUT2D eigenvalue weighted by atomic mass is 32.1. The molecule has 5 heteroatoms. The summed E-state index contributed by atoms with van der Waals surface area (Å²) in [5, 5.41) is 14.3. The average Bonchev–Trinajstić information content (AvgIpc) is 2.97. The number of aromatic nitrogens is 2. The summed E-state index contributed by atoms with van der Waals surface area (Å²) in [4.78, 5) is 4.37. The topological polar surface area (TPSA) is 58.0 Å². The Morgan fingerprint density at radius 2 is 2.28 bits per heavy atom. The zero-order valence-electron chi connectivity index (χ0n) is 10.1. The van der Waals surface area contributed by atoms with Crippen LogP contribution in [0, 0.1) is 0 Å². The third kappa shape index (κ3) is 2.00. The van der Waals surface area contributed by atoms with Crippen molar-refractivity contribution in [2.75, 3.05) is 5.32 Å². The molecule has 0 aliphatic heterocycles. The third-order valence-corrected chi connectivity index (χ3v) is 3.97. The van der Waals surface area contributed by atoms with Crippen LogP contribution in [-0.4, -0.2) is 20.5 Å². The number of hydrogen-bond acceptors (Lipinski definition) is 5. The standard InChI is InChI=1S/C13H15N3OS/c1-2-11-15-13(18-16-11)14-10-7-8-5-3-4-6-9(8)12(10)17/h3-6,10,12,17H,2,7H2,1H3,(H,14,15,16). The monoisotopic (exact) mass is 261 g/mol. The van der Waals surface area contributed by atoms with Crippen molar-refractivity contribution < 1.29 is 5.11 Å². The summed E-state index contributed by atoms with van der Waals surface area (Å²) in [5.74, 6) is 0.854. The molecule has 0 spiro atoms. The highest BCUT2D eigenvalue weighted by molar-refractivity contribution is 7.09. The second-order valence-corrected chi connectivity index (χ2v) is 5.22. The van der Waals surface area contributed by atoms with Crippen LogP contribution < -0.4 is 5.32 Å². The predicted octanol–water partition coefficient (Wildman–Crippen LogP) is 2.17. The first-order valence-electron chi connectivity index (χ1n) is 6.13. The van der Waals surface area contributed by atoms with Crippen molar-refractivity contribution in [1.82, 2.24) is 9.36 Å². The number of nitrogens with one attached hydrogen (secondary N) is 1. The van der Waals surface area contributed by atoms with E-state index in [1.807, 2.05) is 25.1 Å². The van der Waals surface area contributed by atoms with Gasteiger partial charge in [0.25, 0.3) is 0 Å². The summed E-state index contributed by atoms with van der Waals surface area (Å²) in [6, 6.07) is 8.02. The largest absolute Gasteiger partial charge is 0.386 e. The Balaban J connectivity index is 1.76. The molecule has 3 rings (SSSR count). The first-order valence-corrected chi connectivity index (χ1v) is 6.90. The Labute approximate surface area is 110 Å². The summed E-state index contributed by atoms with van der Waals surface area (Å²) in [6.07, 6.45) is 1.21. The number of anilines is 1. The van der Waals surface area contributed by atoms with Crippen LogP contribution in [0.3, 0.4) is 0 Å². The van der Waals surface area contributed by atoms with Gasteiger partial charge in [0.2, 0.25) is 5.13 Å². The molecule has 0 saturated heterocycles. The van der Waals surface area contributed by atoms with Crippen molar-refractivity contribution in [3.63, 3.8) is 0 Å². The molecule has 18 heavy (non-hydrogen) atoms. The number of aliphatic hydroxyl groups is 1. The summed E-state index contributed by atoms with van der Waals surface area (Å²) < 4.78 is 4.24. The summed E-state index contributed by atoms with van der Waals surface area (Å²) in [6.45, 7) is 2.03. The van der Waals surface area contributed by atoms with E-state index >= 15 is 0 Å². The molecule has 0 bridgehead atoms. The molecule has 1 heterocycles. The molecule has 1 aromatic carbocycles. The van der Waals surface area contributed by atoms with Crippen LogP contribution in [0.5, 0.6) is 0 Å². The average molecular weight is 261 g/mol. The van der Waals surface area contributed by atoms with Crippen molar-refractivity contribution in [3.8, 4) is 0 Å². The Morgan fingerprint density at radius 3 is 3.00 bits per heavy atom. The molecule has 2 unspecified atom stereocenters. The lowest BCUT2D eigenvalue weighted by Gasteiger charge is -2.15. The van der Waals surface area contributed by atoms with E-state index in [0.717, 1.165) is 29.4 Å². The summed E-state index contributed by atoms with van der Waals surface area (Å²) >= 11 is 1.36. The van der Waals surface area contributed by atoms with E-state index in [-0.39, 0.29) is 6.04 Å². The Hall–Kier alpha value is -1.46. The lowest BCUT2D eigenvalue weighted by atomic mass is 10.1. The second-order valence-electron chi connectivity index (χ2n) is 4.47. The maximum absolute atomic E-state index is 10.3. The first-order chi connectivity index (χ1) is 8.78. The molecule has 1 aliphatic rings. The van der Waals surface area contributed by atoms with Crippen molar-refractivity contribution in [3.05, 3.63) is 41.2 Å². The number of benzene rings is 1. The predicted molar refractivity (Wildman–Crippen MR) is 71.8 cm³/mol. The third-order valence-electron chi connectivity index (χ3n) is 3.29. The van der Waals surface area contributed by atoms with E-state index < -0.39 is 6.10 Å². The number of rotatable bonds is 3. The van der Waals surface area contributed by atoms with Gasteiger partial charge in [0.05, 0.1) is 12.1 Å². The maximum Gasteiger partial charge on any atom is 0.202 e. The van der Waals surface area contributed by atoms with Crippen molar-refractivity contribution >= 4 is 16.7 Å². The summed E-state index contributed by atoms with van der Waals surface area (Å²) in [5.41, 5.74) is 2.23. The molecule has 1 aromatic heterocycles. The van der Waals surface area contributed by atoms with Gasteiger partial charge >= 0.3 is 0 Å². The van der Waals surface area contributed by atoms with E-state index in [0.29, 0.717) is 0 Å². The van der Waals surface area contributed by atoms with Gasteiger partial charge in [-0.2, -0.15) is 4.37 Å². The SMILES string of the molecule is CCc1nsc(NC2Cc3ccccc3C2O)n1. The van der Waals surface area contributed by atoms with Crippen LogP contribution in [0.2, 0.25) is 0 Å². The normalized spacial score (nSPS) is 21.9. The maximum atomic E-state index is 10.3. The molecular weight excluding hydrogens is 246 g/mol. The minimum absolute atomic E-state index is 0.0000520. The Kier molecular flexibility index (Phi) is 3.01. The molecule has 0 amide bonds. The molecule has 2 N–H and O–H groups in total. The lowest BCUT2D eigenvalue weighted by molar-refractivity contribution is 0.167. The van der Waals surface area contributed by atoms with Crippen molar-refractivity contribution in [1.29, 1.82) is 0 Å². The molecule has 94 valence electrons. The molecule has 0 radical (unpaired) electrons. The van der Waals surface area contributed by atoms with Crippen LogP contribution in [0.15, 0.2) is 24.3 Å². The smallest absolute Gasteiger partial charge is 0.202 e. The Bertz CT molecular complexity index is 555. The van der Waals surface area contributed by atoms with Gasteiger partial charge in [0.15, 0.2) is 0 Å². The van der Waals surface area contributed by atoms with E-state index in [1.54, 1.807) is 0 Å². The number of aryl methyl sites for hydroxylation is 1. The van der Waals surface area contributed by atoms with E-state index in [1.165, 1.54) is 17.1 Å². The van der Waals surface area contributed by atoms with Gasteiger partial charge in [-0.05, 0) is 17.5 Å². The minimum atomic E-state index is -0.463. The molecule has 0 fully saturated rings. The summed E-state index contributed by atoms with van der Waals surface area (Å²) in [7, 11) is 0. The van der Waals surface area contributed by atoms with Crippen molar-refractivity contribution in [2.45, 2.75) is 31.9 Å². The van der Waals surface area contributed by atoms with Crippen molar-refractivity contribution in [2.24, 2.45) is 0 Å². The minimum Gasteiger partial charge on any atom is -0.386 e. The van der Waals surface area contributed by atoms with Gasteiger partial charge in [-0.25, -0.2) is 4.98 Å². The number of fused-ring (bicyclic) bond motifs is 1. The van der Waals surface area contributed by atoms with Gasteiger partial charge in [-0.1, -0.05) is 31.2 Å². The van der Waals surface area contributed by atoms with E-state index in [4.69, 9.17) is 0 Å². The fourth-order valence-electron chi connectivity index (χ4n) is 2.32. The number of aliphatic hydroxyl groups excluding tert-OH is 1.